The number of sulfonamides is 1. The molecule has 114 valence electrons. The van der Waals surface area contributed by atoms with E-state index in [1.807, 2.05) is 10.8 Å². The lowest BCUT2D eigenvalue weighted by Gasteiger charge is -2.14. The van der Waals surface area contributed by atoms with Crippen LogP contribution >= 0.6 is 0 Å². The fourth-order valence-corrected chi connectivity index (χ4v) is 2.75. The summed E-state index contributed by atoms with van der Waals surface area (Å²) >= 11 is 0. The molecule has 8 heteroatoms. The molecule has 2 aromatic rings. The maximum atomic E-state index is 12.0. The molecule has 3 N–H and O–H groups in total. The summed E-state index contributed by atoms with van der Waals surface area (Å²) in [6, 6.07) is 4.69. The quantitative estimate of drug-likeness (QED) is 0.771. The molecule has 0 saturated heterocycles. The number of anilines is 2. The summed E-state index contributed by atoms with van der Waals surface area (Å²) in [6.45, 7) is 1.41. The van der Waals surface area contributed by atoms with Gasteiger partial charge in [0.15, 0.2) is 0 Å². The molecule has 0 unspecified atom stereocenters. The minimum absolute atomic E-state index is 0.185. The fourth-order valence-electron chi connectivity index (χ4n) is 1.81. The van der Waals surface area contributed by atoms with E-state index >= 15 is 0 Å². The second kappa shape index (κ2) is 6.15. The minimum atomic E-state index is -3.46. The molecule has 1 heterocycles. The molecular weight excluding hydrogens is 290 g/mol. The zero-order valence-corrected chi connectivity index (χ0v) is 12.8. The minimum Gasteiger partial charge on any atom is -0.397 e. The Balaban J connectivity index is 2.06. The molecule has 0 aliphatic heterocycles. The van der Waals surface area contributed by atoms with Crippen molar-refractivity contribution < 1.29 is 8.42 Å². The van der Waals surface area contributed by atoms with E-state index in [1.165, 1.54) is 20.2 Å². The number of nitrogens with one attached hydrogen (secondary N) is 1. The predicted octanol–water partition coefficient (Wildman–Crippen LogP) is 0.828. The molecule has 0 spiro atoms. The van der Waals surface area contributed by atoms with Gasteiger partial charge in [0.05, 0.1) is 22.6 Å². The molecule has 7 nitrogen and oxygen atoms in total. The topological polar surface area (TPSA) is 93.2 Å². The zero-order valence-electron chi connectivity index (χ0n) is 12.0. The van der Waals surface area contributed by atoms with Gasteiger partial charge in [-0.25, -0.2) is 17.7 Å². The van der Waals surface area contributed by atoms with E-state index in [-0.39, 0.29) is 4.90 Å². The average molecular weight is 309 g/mol. The van der Waals surface area contributed by atoms with Crippen LogP contribution in [0, 0.1) is 0 Å². The number of hydrogen-bond donors (Lipinski definition) is 2. The van der Waals surface area contributed by atoms with Crippen molar-refractivity contribution >= 4 is 21.4 Å². The van der Waals surface area contributed by atoms with E-state index in [0.29, 0.717) is 17.9 Å². The van der Waals surface area contributed by atoms with Crippen LogP contribution in [0.2, 0.25) is 0 Å². The number of hydrogen-bond acceptors (Lipinski definition) is 5. The van der Waals surface area contributed by atoms with Crippen LogP contribution in [-0.2, 0) is 16.6 Å². The third kappa shape index (κ3) is 3.53. The largest absolute Gasteiger partial charge is 0.397 e. The number of benzene rings is 1. The summed E-state index contributed by atoms with van der Waals surface area (Å²) in [4.78, 5) is 4.14. The van der Waals surface area contributed by atoms with Crippen molar-refractivity contribution in [3.05, 3.63) is 36.9 Å². The maximum Gasteiger partial charge on any atom is 0.242 e. The number of aromatic nitrogens is 2. The maximum absolute atomic E-state index is 12.0. The molecule has 21 heavy (non-hydrogen) atoms. The molecular formula is C13H19N5O2S. The van der Waals surface area contributed by atoms with Gasteiger partial charge in [0.25, 0.3) is 0 Å². The Morgan fingerprint density at radius 3 is 2.71 bits per heavy atom. The van der Waals surface area contributed by atoms with Crippen molar-refractivity contribution in [1.29, 1.82) is 0 Å². The Morgan fingerprint density at radius 1 is 1.38 bits per heavy atom. The summed E-state index contributed by atoms with van der Waals surface area (Å²) in [7, 11) is -0.481. The van der Waals surface area contributed by atoms with Gasteiger partial charge < -0.3 is 15.6 Å². The van der Waals surface area contributed by atoms with Crippen LogP contribution in [-0.4, -0.2) is 42.9 Å². The highest BCUT2D eigenvalue weighted by molar-refractivity contribution is 7.89. The highest BCUT2D eigenvalue weighted by atomic mass is 32.2. The number of imidazole rings is 1. The van der Waals surface area contributed by atoms with Crippen molar-refractivity contribution in [2.45, 2.75) is 11.4 Å². The van der Waals surface area contributed by atoms with Crippen molar-refractivity contribution in [2.24, 2.45) is 0 Å². The smallest absolute Gasteiger partial charge is 0.242 e. The van der Waals surface area contributed by atoms with Crippen LogP contribution in [0.5, 0.6) is 0 Å². The summed E-state index contributed by atoms with van der Waals surface area (Å²) < 4.78 is 27.1. The summed E-state index contributed by atoms with van der Waals surface area (Å²) in [5.74, 6) is 0. The molecule has 0 atom stereocenters. The van der Waals surface area contributed by atoms with Crippen molar-refractivity contribution in [3.8, 4) is 0 Å². The van der Waals surface area contributed by atoms with E-state index < -0.39 is 10.0 Å². The van der Waals surface area contributed by atoms with Gasteiger partial charge in [0.2, 0.25) is 10.0 Å². The second-order valence-electron chi connectivity index (χ2n) is 4.76. The summed E-state index contributed by atoms with van der Waals surface area (Å²) in [6.07, 6.45) is 5.32. The molecule has 0 aliphatic rings. The third-order valence-electron chi connectivity index (χ3n) is 3.05. The molecule has 0 saturated carbocycles. The lowest BCUT2D eigenvalue weighted by molar-refractivity contribution is 0.521. The predicted molar refractivity (Wildman–Crippen MR) is 82.4 cm³/mol. The highest BCUT2D eigenvalue weighted by Crippen LogP contribution is 2.23. The first-order chi connectivity index (χ1) is 9.91. The van der Waals surface area contributed by atoms with Crippen LogP contribution in [0.4, 0.5) is 11.4 Å². The van der Waals surface area contributed by atoms with Crippen molar-refractivity contribution in [3.63, 3.8) is 0 Å². The molecule has 0 aliphatic carbocycles. The molecule has 1 aromatic heterocycles. The first kappa shape index (κ1) is 15.3. The zero-order chi connectivity index (χ0) is 15.5. The van der Waals surface area contributed by atoms with Gasteiger partial charge in [-0.05, 0) is 18.2 Å². The van der Waals surface area contributed by atoms with Gasteiger partial charge in [0, 0.05) is 39.6 Å². The van der Waals surface area contributed by atoms with Gasteiger partial charge in [-0.15, -0.1) is 0 Å². The van der Waals surface area contributed by atoms with Crippen LogP contribution in [0.1, 0.15) is 0 Å². The fraction of sp³-hybridized carbons (Fsp3) is 0.308. The number of nitrogen functional groups attached to an aromatic ring is 1. The molecule has 2 rings (SSSR count). The number of nitrogens with two attached hydrogens (primary N) is 1. The average Bonchev–Trinajstić information content (AvgIpc) is 2.93. The number of rotatable bonds is 6. The highest BCUT2D eigenvalue weighted by Gasteiger charge is 2.17. The Morgan fingerprint density at radius 2 is 2.14 bits per heavy atom. The molecule has 0 radical (unpaired) electrons. The molecule has 0 amide bonds. The van der Waals surface area contributed by atoms with Gasteiger partial charge in [0.1, 0.15) is 0 Å². The van der Waals surface area contributed by atoms with Crippen molar-refractivity contribution in [1.82, 2.24) is 13.9 Å². The molecule has 0 bridgehead atoms. The van der Waals surface area contributed by atoms with Gasteiger partial charge in [-0.3, -0.25) is 0 Å². The SMILES string of the molecule is CN(C)S(=O)(=O)c1ccc(NCCn2ccnc2)c(N)c1. The lowest BCUT2D eigenvalue weighted by atomic mass is 10.2. The van der Waals surface area contributed by atoms with E-state index in [0.717, 1.165) is 10.8 Å². The summed E-state index contributed by atoms with van der Waals surface area (Å²) in [5.41, 5.74) is 7.03. The van der Waals surface area contributed by atoms with Crippen LogP contribution in [0.25, 0.3) is 0 Å². The lowest BCUT2D eigenvalue weighted by Crippen LogP contribution is -2.22. The van der Waals surface area contributed by atoms with E-state index in [2.05, 4.69) is 10.3 Å². The van der Waals surface area contributed by atoms with Gasteiger partial charge in [-0.1, -0.05) is 0 Å². The van der Waals surface area contributed by atoms with Gasteiger partial charge >= 0.3 is 0 Å². The Labute approximate surface area is 124 Å². The second-order valence-corrected chi connectivity index (χ2v) is 6.92. The van der Waals surface area contributed by atoms with E-state index in [4.69, 9.17) is 5.73 Å². The Hall–Kier alpha value is -2.06. The first-order valence-electron chi connectivity index (χ1n) is 6.43. The van der Waals surface area contributed by atoms with E-state index in [9.17, 15) is 8.42 Å². The van der Waals surface area contributed by atoms with Gasteiger partial charge in [-0.2, -0.15) is 0 Å². The molecule has 0 fully saturated rings. The Bertz CT molecular complexity index is 695. The first-order valence-corrected chi connectivity index (χ1v) is 7.87. The Kier molecular flexibility index (Phi) is 4.49. The van der Waals surface area contributed by atoms with Crippen LogP contribution < -0.4 is 11.1 Å². The monoisotopic (exact) mass is 309 g/mol. The number of nitrogens with zero attached hydrogens (tertiary/aromatic N) is 3. The van der Waals surface area contributed by atoms with Crippen molar-refractivity contribution in [2.75, 3.05) is 31.7 Å². The summed E-state index contributed by atoms with van der Waals surface area (Å²) in [5, 5.41) is 3.18. The third-order valence-corrected chi connectivity index (χ3v) is 4.86. The standard InChI is InChI=1S/C13H19N5O2S/c1-17(2)21(19,20)11-3-4-13(12(14)9-11)16-6-8-18-7-5-15-10-18/h3-5,7,9-10,16H,6,8,14H2,1-2H3. The van der Waals surface area contributed by atoms with Crippen LogP contribution in [0.15, 0.2) is 41.8 Å². The molecule has 1 aromatic carbocycles. The van der Waals surface area contributed by atoms with Crippen LogP contribution in [0.3, 0.4) is 0 Å². The normalized spacial score (nSPS) is 11.8. The van der Waals surface area contributed by atoms with E-state index in [1.54, 1.807) is 24.7 Å².